The topological polar surface area (TPSA) is 58.2 Å². The van der Waals surface area contributed by atoms with E-state index in [-0.39, 0.29) is 28.1 Å². The summed E-state index contributed by atoms with van der Waals surface area (Å²) in [7, 11) is 0. The molecule has 0 radical (unpaired) electrons. The zero-order chi connectivity index (χ0) is 11.4. The predicted molar refractivity (Wildman–Crippen MR) is 64.6 cm³/mol. The van der Waals surface area contributed by atoms with Crippen molar-refractivity contribution in [2.45, 2.75) is 26.3 Å². The van der Waals surface area contributed by atoms with Crippen molar-refractivity contribution in [1.82, 2.24) is 10.6 Å². The number of hydrogen-bond donors (Lipinski definition) is 2. The molecule has 4 nitrogen and oxygen atoms in total. The van der Waals surface area contributed by atoms with E-state index in [0.717, 1.165) is 12.2 Å². The number of nitrogens with one attached hydrogen (secondary N) is 2. The summed E-state index contributed by atoms with van der Waals surface area (Å²) in [6, 6.07) is -0.241. The minimum absolute atomic E-state index is 0.0937. The molecule has 84 valence electrons. The molecule has 15 heavy (non-hydrogen) atoms. The van der Waals surface area contributed by atoms with Crippen LogP contribution < -0.4 is 10.6 Å². The van der Waals surface area contributed by atoms with Gasteiger partial charge in [-0.3, -0.25) is 9.59 Å². The Morgan fingerprint density at radius 3 is 2.73 bits per heavy atom. The van der Waals surface area contributed by atoms with Gasteiger partial charge in [0.05, 0.1) is 6.04 Å². The van der Waals surface area contributed by atoms with Gasteiger partial charge in [-0.2, -0.15) is 0 Å². The number of rotatable bonds is 2. The number of thiocarbonyl (C=S) groups is 1. The molecular formula is C9H14N2O2S2. The summed E-state index contributed by atoms with van der Waals surface area (Å²) in [5, 5.41) is 5.73. The molecule has 2 N–H and O–H groups in total. The molecular weight excluding hydrogens is 232 g/mol. The summed E-state index contributed by atoms with van der Waals surface area (Å²) in [6.07, 6.45) is 0.765. The Labute approximate surface area is 98.6 Å². The molecule has 1 saturated heterocycles. The molecule has 0 bridgehead atoms. The maximum absolute atomic E-state index is 11.3. The van der Waals surface area contributed by atoms with Gasteiger partial charge in [0.1, 0.15) is 0 Å². The molecule has 0 aromatic carbocycles. The fourth-order valence-electron chi connectivity index (χ4n) is 1.08. The second-order valence-corrected chi connectivity index (χ2v) is 5.13. The zero-order valence-corrected chi connectivity index (χ0v) is 10.3. The van der Waals surface area contributed by atoms with Gasteiger partial charge in [-0.25, -0.2) is 0 Å². The molecule has 0 spiro atoms. The third kappa shape index (κ3) is 3.79. The van der Waals surface area contributed by atoms with Crippen LogP contribution in [0.4, 0.5) is 0 Å². The van der Waals surface area contributed by atoms with E-state index in [1.165, 1.54) is 11.8 Å². The minimum atomic E-state index is -0.241. The van der Waals surface area contributed by atoms with Gasteiger partial charge in [-0.15, -0.1) is 0 Å². The van der Waals surface area contributed by atoms with Gasteiger partial charge in [0, 0.05) is 11.7 Å². The first-order valence-corrected chi connectivity index (χ1v) is 6.18. The Morgan fingerprint density at radius 2 is 2.27 bits per heavy atom. The molecule has 1 rings (SSSR count). The van der Waals surface area contributed by atoms with Crippen molar-refractivity contribution in [3.8, 4) is 0 Å². The van der Waals surface area contributed by atoms with Crippen LogP contribution in [0.3, 0.4) is 0 Å². The van der Waals surface area contributed by atoms with Crippen LogP contribution in [-0.2, 0) is 9.59 Å². The fourth-order valence-corrected chi connectivity index (χ4v) is 2.25. The normalized spacial score (nSPS) is 20.5. The average molecular weight is 246 g/mol. The maximum Gasteiger partial charge on any atom is 0.228 e. The van der Waals surface area contributed by atoms with Crippen molar-refractivity contribution < 1.29 is 9.59 Å². The Morgan fingerprint density at radius 1 is 1.60 bits per heavy atom. The van der Waals surface area contributed by atoms with E-state index in [9.17, 15) is 9.59 Å². The van der Waals surface area contributed by atoms with E-state index in [1.807, 2.05) is 0 Å². The molecule has 1 aliphatic heterocycles. The molecule has 1 amide bonds. The second-order valence-electron chi connectivity index (χ2n) is 3.63. The zero-order valence-electron chi connectivity index (χ0n) is 8.70. The highest BCUT2D eigenvalue weighted by atomic mass is 32.2. The Kier molecular flexibility index (Phi) is 4.53. The van der Waals surface area contributed by atoms with E-state index >= 15 is 0 Å². The van der Waals surface area contributed by atoms with Crippen molar-refractivity contribution in [3.05, 3.63) is 0 Å². The van der Waals surface area contributed by atoms with Crippen molar-refractivity contribution in [3.63, 3.8) is 0 Å². The molecule has 1 fully saturated rings. The van der Waals surface area contributed by atoms with Gasteiger partial charge in [-0.05, 0) is 18.6 Å². The Balaban J connectivity index is 2.36. The van der Waals surface area contributed by atoms with Gasteiger partial charge in [0.15, 0.2) is 5.11 Å². The lowest BCUT2D eigenvalue weighted by atomic mass is 10.2. The SMILES string of the molecule is CC(C)C(=O)NC(=S)NC1CCSC1=O. The van der Waals surface area contributed by atoms with Crippen molar-refractivity contribution in [2.24, 2.45) is 5.92 Å². The summed E-state index contributed by atoms with van der Waals surface area (Å²) in [5.41, 5.74) is 0. The molecule has 6 heteroatoms. The molecule has 0 saturated carbocycles. The van der Waals surface area contributed by atoms with E-state index in [4.69, 9.17) is 12.2 Å². The van der Waals surface area contributed by atoms with Crippen molar-refractivity contribution in [2.75, 3.05) is 5.75 Å². The van der Waals surface area contributed by atoms with Gasteiger partial charge < -0.3 is 10.6 Å². The average Bonchev–Trinajstić information content (AvgIpc) is 2.51. The highest BCUT2D eigenvalue weighted by Crippen LogP contribution is 2.19. The number of amides is 1. The predicted octanol–water partition coefficient (Wildman–Crippen LogP) is 0.665. The Bertz CT molecular complexity index is 292. The summed E-state index contributed by atoms with van der Waals surface area (Å²) in [4.78, 5) is 22.5. The van der Waals surface area contributed by atoms with Gasteiger partial charge in [0.2, 0.25) is 11.0 Å². The summed E-state index contributed by atoms with van der Waals surface area (Å²) >= 11 is 6.23. The van der Waals surface area contributed by atoms with Crippen molar-refractivity contribution in [1.29, 1.82) is 0 Å². The minimum Gasteiger partial charge on any atom is -0.352 e. The van der Waals surface area contributed by atoms with Gasteiger partial charge in [0.25, 0.3) is 0 Å². The number of hydrogen-bond acceptors (Lipinski definition) is 4. The van der Waals surface area contributed by atoms with E-state index < -0.39 is 0 Å². The first-order chi connectivity index (χ1) is 7.00. The lowest BCUT2D eigenvalue weighted by Crippen LogP contribution is -2.46. The lowest BCUT2D eigenvalue weighted by molar-refractivity contribution is -0.122. The van der Waals surface area contributed by atoms with Crippen LogP contribution in [0, 0.1) is 5.92 Å². The standard InChI is InChI=1S/C9H14N2O2S2/c1-5(2)7(12)11-9(14)10-6-3-4-15-8(6)13/h5-6H,3-4H2,1-2H3,(H2,10,11,12,14). The highest BCUT2D eigenvalue weighted by molar-refractivity contribution is 8.14. The van der Waals surface area contributed by atoms with Crippen LogP contribution in [0.15, 0.2) is 0 Å². The summed E-state index contributed by atoms with van der Waals surface area (Å²) in [6.45, 7) is 3.57. The van der Waals surface area contributed by atoms with Crippen LogP contribution >= 0.6 is 24.0 Å². The van der Waals surface area contributed by atoms with Gasteiger partial charge >= 0.3 is 0 Å². The van der Waals surface area contributed by atoms with Crippen LogP contribution in [0.1, 0.15) is 20.3 Å². The third-order valence-corrected chi connectivity index (χ3v) is 3.23. The first kappa shape index (κ1) is 12.4. The number of carbonyl (C=O) groups excluding carboxylic acids is 2. The monoisotopic (exact) mass is 246 g/mol. The maximum atomic E-state index is 11.3. The smallest absolute Gasteiger partial charge is 0.228 e. The van der Waals surface area contributed by atoms with Crippen LogP contribution in [0.5, 0.6) is 0 Å². The Hall–Kier alpha value is -0.620. The lowest BCUT2D eigenvalue weighted by Gasteiger charge is -2.14. The molecule has 1 aliphatic rings. The van der Waals surface area contributed by atoms with E-state index in [0.29, 0.717) is 0 Å². The first-order valence-electron chi connectivity index (χ1n) is 4.78. The molecule has 1 atom stereocenters. The third-order valence-electron chi connectivity index (χ3n) is 2.00. The van der Waals surface area contributed by atoms with Crippen LogP contribution in [0.25, 0.3) is 0 Å². The van der Waals surface area contributed by atoms with Gasteiger partial charge in [-0.1, -0.05) is 25.6 Å². The highest BCUT2D eigenvalue weighted by Gasteiger charge is 2.26. The molecule has 0 aliphatic carbocycles. The molecule has 1 heterocycles. The van der Waals surface area contributed by atoms with Crippen LogP contribution in [-0.4, -0.2) is 27.9 Å². The fraction of sp³-hybridized carbons (Fsp3) is 0.667. The number of carbonyl (C=O) groups is 2. The molecule has 1 unspecified atom stereocenters. The number of thioether (sulfide) groups is 1. The summed E-state index contributed by atoms with van der Waals surface area (Å²) < 4.78 is 0. The van der Waals surface area contributed by atoms with Crippen LogP contribution in [0.2, 0.25) is 0 Å². The largest absolute Gasteiger partial charge is 0.352 e. The second kappa shape index (κ2) is 5.46. The summed E-state index contributed by atoms with van der Waals surface area (Å²) in [5.74, 6) is 0.570. The quantitative estimate of drug-likeness (QED) is 0.701. The van der Waals surface area contributed by atoms with E-state index in [2.05, 4.69) is 10.6 Å². The van der Waals surface area contributed by atoms with Crippen molar-refractivity contribution >= 4 is 40.1 Å². The van der Waals surface area contributed by atoms with E-state index in [1.54, 1.807) is 13.8 Å². The molecule has 0 aromatic rings. The molecule has 0 aromatic heterocycles.